The number of H-pyrrole nitrogens is 1. The molecule has 2 N–H and O–H groups in total. The summed E-state index contributed by atoms with van der Waals surface area (Å²) >= 11 is 0. The predicted molar refractivity (Wildman–Crippen MR) is 135 cm³/mol. The van der Waals surface area contributed by atoms with Crippen molar-refractivity contribution in [2.75, 3.05) is 37.4 Å². The lowest BCUT2D eigenvalue weighted by molar-refractivity contribution is -0.114. The predicted octanol–water partition coefficient (Wildman–Crippen LogP) is 4.56. The third kappa shape index (κ3) is 7.34. The van der Waals surface area contributed by atoms with Gasteiger partial charge in [0.2, 0.25) is 5.95 Å². The molecule has 0 radical (unpaired) electrons. The summed E-state index contributed by atoms with van der Waals surface area (Å²) in [6, 6.07) is 5.92. The molecule has 3 heterocycles. The van der Waals surface area contributed by atoms with Crippen LogP contribution in [-0.4, -0.2) is 62.7 Å². The van der Waals surface area contributed by atoms with Crippen molar-refractivity contribution in [2.24, 2.45) is 0 Å². The molecule has 0 aliphatic rings. The number of aromatic amines is 1. The van der Waals surface area contributed by atoms with Crippen LogP contribution < -0.4 is 10.2 Å². The van der Waals surface area contributed by atoms with Crippen molar-refractivity contribution in [3.8, 4) is 0 Å². The number of rotatable bonds is 10. The maximum atomic E-state index is 10.9. The summed E-state index contributed by atoms with van der Waals surface area (Å²) in [6.07, 6.45) is 6.91. The van der Waals surface area contributed by atoms with E-state index in [0.29, 0.717) is 0 Å². The van der Waals surface area contributed by atoms with Gasteiger partial charge in [-0.05, 0) is 38.3 Å². The van der Waals surface area contributed by atoms with Crippen molar-refractivity contribution in [2.45, 2.75) is 53.9 Å². The molecule has 3 aromatic rings. The van der Waals surface area contributed by atoms with Crippen molar-refractivity contribution >= 4 is 28.9 Å². The molecule has 0 spiro atoms. The van der Waals surface area contributed by atoms with E-state index >= 15 is 0 Å². The van der Waals surface area contributed by atoms with Crippen LogP contribution in [0.4, 0.5) is 17.6 Å². The zero-order valence-electron chi connectivity index (χ0n) is 21.0. The van der Waals surface area contributed by atoms with Gasteiger partial charge in [-0.2, -0.15) is 10.1 Å². The number of fused-ring (bicyclic) bond motifs is 1. The summed E-state index contributed by atoms with van der Waals surface area (Å²) in [5, 5.41) is 15.1. The molecule has 3 aromatic heterocycles. The quantitative estimate of drug-likeness (QED) is 0.434. The van der Waals surface area contributed by atoms with Crippen LogP contribution in [-0.2, 0) is 4.79 Å². The number of allylic oxidation sites excluding steroid dienone is 2. The Morgan fingerprint density at radius 1 is 1.21 bits per heavy atom. The van der Waals surface area contributed by atoms with Crippen molar-refractivity contribution in [1.29, 1.82) is 0 Å². The Bertz CT molecular complexity index is 1040. The van der Waals surface area contributed by atoms with Gasteiger partial charge in [0.05, 0.1) is 5.70 Å². The molecular weight excluding hydrogens is 416 g/mol. The molecule has 0 bridgehead atoms. The number of Topliss-reactive ketones (excluding diaryl/α,β-unsaturated/α-hetero) is 1. The number of carbonyl (C=O) groups is 1. The van der Waals surface area contributed by atoms with Gasteiger partial charge in [0, 0.05) is 52.1 Å². The zero-order chi connectivity index (χ0) is 24.4. The number of nitrogens with one attached hydrogen (secondary N) is 2. The number of hydrogen-bond donors (Lipinski definition) is 2. The third-order valence-corrected chi connectivity index (χ3v) is 4.84. The summed E-state index contributed by atoms with van der Waals surface area (Å²) in [6.45, 7) is 11.8. The van der Waals surface area contributed by atoms with Crippen molar-refractivity contribution in [3.63, 3.8) is 0 Å². The molecule has 0 aliphatic heterocycles. The largest absolute Gasteiger partial charge is 0.375 e. The van der Waals surface area contributed by atoms with Gasteiger partial charge in [-0.15, -0.1) is 5.10 Å². The van der Waals surface area contributed by atoms with Crippen LogP contribution in [0, 0.1) is 6.92 Å². The second-order valence-electron chi connectivity index (χ2n) is 8.09. The van der Waals surface area contributed by atoms with Gasteiger partial charge < -0.3 is 15.1 Å². The van der Waals surface area contributed by atoms with Crippen molar-refractivity contribution in [1.82, 2.24) is 29.7 Å². The first kappa shape index (κ1) is 25.9. The highest BCUT2D eigenvalue weighted by atomic mass is 16.1. The average molecular weight is 455 g/mol. The number of anilines is 3. The van der Waals surface area contributed by atoms with Crippen LogP contribution in [0.25, 0.3) is 5.52 Å². The number of hydrogen-bond acceptors (Lipinski definition) is 7. The third-order valence-electron chi connectivity index (χ3n) is 4.84. The molecular formula is C24H38N8O. The van der Waals surface area contributed by atoms with E-state index in [-0.39, 0.29) is 5.78 Å². The molecule has 33 heavy (non-hydrogen) atoms. The van der Waals surface area contributed by atoms with Crippen LogP contribution in [0.5, 0.6) is 0 Å². The normalized spacial score (nSPS) is 11.2. The van der Waals surface area contributed by atoms with E-state index in [2.05, 4.69) is 39.4 Å². The minimum atomic E-state index is 0.131. The Labute approximate surface area is 196 Å². The Hall–Kier alpha value is -3.36. The van der Waals surface area contributed by atoms with E-state index in [1.165, 1.54) is 0 Å². The fourth-order valence-corrected chi connectivity index (χ4v) is 3.44. The van der Waals surface area contributed by atoms with Crippen LogP contribution in [0.2, 0.25) is 0 Å². The number of aryl methyl sites for hydroxylation is 1. The Kier molecular flexibility index (Phi) is 9.90. The minimum Gasteiger partial charge on any atom is -0.375 e. The highest BCUT2D eigenvalue weighted by Gasteiger charge is 2.14. The molecule has 0 amide bonds. The monoisotopic (exact) mass is 454 g/mol. The lowest BCUT2D eigenvalue weighted by Gasteiger charge is -2.22. The van der Waals surface area contributed by atoms with Crippen LogP contribution in [0.15, 0.2) is 36.2 Å². The van der Waals surface area contributed by atoms with Crippen LogP contribution in [0.3, 0.4) is 0 Å². The number of likely N-dealkylation sites (N-methyl/N-ethyl adjacent to an activating group) is 1. The molecule has 0 saturated heterocycles. The molecule has 9 nitrogen and oxygen atoms in total. The Morgan fingerprint density at radius 2 is 1.91 bits per heavy atom. The maximum absolute atomic E-state index is 10.9. The van der Waals surface area contributed by atoms with Gasteiger partial charge in [-0.3, -0.25) is 9.89 Å². The van der Waals surface area contributed by atoms with Gasteiger partial charge in [0.1, 0.15) is 5.52 Å². The van der Waals surface area contributed by atoms with Gasteiger partial charge in [-0.25, -0.2) is 4.52 Å². The van der Waals surface area contributed by atoms with Crippen molar-refractivity contribution < 1.29 is 4.79 Å². The van der Waals surface area contributed by atoms with Crippen LogP contribution in [0.1, 0.15) is 52.7 Å². The lowest BCUT2D eigenvalue weighted by Crippen LogP contribution is -2.27. The van der Waals surface area contributed by atoms with Gasteiger partial charge in [-0.1, -0.05) is 26.8 Å². The summed E-state index contributed by atoms with van der Waals surface area (Å²) in [5.41, 5.74) is 2.73. The molecule has 3 rings (SSSR count). The van der Waals surface area contributed by atoms with Gasteiger partial charge in [0.15, 0.2) is 17.4 Å². The molecule has 0 aromatic carbocycles. The molecule has 0 unspecified atom stereocenters. The minimum absolute atomic E-state index is 0.131. The van der Waals surface area contributed by atoms with Gasteiger partial charge >= 0.3 is 0 Å². The number of nitrogens with zero attached hydrogens (tertiary/aromatic N) is 6. The maximum Gasteiger partial charge on any atom is 0.245 e. The van der Waals surface area contributed by atoms with Crippen molar-refractivity contribution in [3.05, 3.63) is 41.9 Å². The molecule has 0 aliphatic carbocycles. The number of aromatic nitrogens is 5. The molecule has 0 atom stereocenters. The van der Waals surface area contributed by atoms with E-state index in [1.54, 1.807) is 6.92 Å². The Morgan fingerprint density at radius 3 is 2.39 bits per heavy atom. The van der Waals surface area contributed by atoms with E-state index in [0.717, 1.165) is 66.8 Å². The first-order valence-electron chi connectivity index (χ1n) is 11.6. The first-order valence-corrected chi connectivity index (χ1v) is 11.6. The standard InChI is InChI=1S/C16H23N7.C8H15NO/c1-4-8-22(9-5-2)16-18-15(13-7-6-10-23(13)21-16)17-14-11-12(3)19-20-14;1-5-6-8(7(2)10)9(3)4/h6-7,10-11H,4-5,8-9H2,1-3H3,(H2,17,18,19,20,21);6H,5H2,1-4H3/b;8-6-. The summed E-state index contributed by atoms with van der Waals surface area (Å²) in [7, 11) is 3.76. The van der Waals surface area contributed by atoms with Gasteiger partial charge in [0.25, 0.3) is 0 Å². The topological polar surface area (TPSA) is 94.5 Å². The molecule has 9 heteroatoms. The van der Waals surface area contributed by atoms with Crippen LogP contribution >= 0.6 is 0 Å². The summed E-state index contributed by atoms with van der Waals surface area (Å²) in [5.74, 6) is 2.40. The highest BCUT2D eigenvalue weighted by Crippen LogP contribution is 2.22. The number of ketones is 1. The number of carbonyl (C=O) groups excluding carboxylic acids is 1. The second-order valence-corrected chi connectivity index (χ2v) is 8.09. The SMILES string of the molecule is CC/C=C(/C(C)=O)N(C)C.CCCN(CCC)c1nc(Nc2cc(C)[nH]n2)c2cccn2n1. The van der Waals surface area contributed by atoms with E-state index < -0.39 is 0 Å². The smallest absolute Gasteiger partial charge is 0.245 e. The van der Waals surface area contributed by atoms with E-state index in [1.807, 2.05) is 67.8 Å². The lowest BCUT2D eigenvalue weighted by atomic mass is 10.2. The zero-order valence-corrected chi connectivity index (χ0v) is 21.0. The highest BCUT2D eigenvalue weighted by molar-refractivity contribution is 5.92. The van der Waals surface area contributed by atoms with E-state index in [9.17, 15) is 4.79 Å². The van der Waals surface area contributed by atoms with E-state index in [4.69, 9.17) is 4.98 Å². The average Bonchev–Trinajstić information content (AvgIpc) is 3.40. The summed E-state index contributed by atoms with van der Waals surface area (Å²) < 4.78 is 1.86. The molecule has 0 saturated carbocycles. The molecule has 0 fully saturated rings. The second kappa shape index (κ2) is 12.6. The Balaban J connectivity index is 0.000000328. The summed E-state index contributed by atoms with van der Waals surface area (Å²) in [4.78, 5) is 19.7. The fourth-order valence-electron chi connectivity index (χ4n) is 3.44. The fraction of sp³-hybridized carbons (Fsp3) is 0.500. The molecule has 180 valence electrons. The first-order chi connectivity index (χ1) is 15.8.